The average Bonchev–Trinajstić information content (AvgIpc) is 2.93. The number of hydrogen-bond acceptors (Lipinski definition) is 2. The van der Waals surface area contributed by atoms with Crippen LogP contribution in [0.15, 0.2) is 109 Å². The Morgan fingerprint density at radius 2 is 1.35 bits per heavy atom. The number of amides is 2. The fourth-order valence-corrected chi connectivity index (χ4v) is 4.38. The third-order valence-electron chi connectivity index (χ3n) is 6.32. The van der Waals surface area contributed by atoms with Gasteiger partial charge in [0.15, 0.2) is 0 Å². The quantitative estimate of drug-likeness (QED) is 0.259. The van der Waals surface area contributed by atoms with E-state index in [2.05, 4.69) is 5.32 Å². The molecule has 0 heterocycles. The fraction of sp³-hybridized carbons (Fsp3) is 0.188. The van der Waals surface area contributed by atoms with E-state index in [1.807, 2.05) is 104 Å². The van der Waals surface area contributed by atoms with Crippen molar-refractivity contribution in [2.75, 3.05) is 0 Å². The van der Waals surface area contributed by atoms with Gasteiger partial charge >= 0.3 is 0 Å². The van der Waals surface area contributed by atoms with Crippen molar-refractivity contribution in [2.24, 2.45) is 0 Å². The highest BCUT2D eigenvalue weighted by Gasteiger charge is 2.31. The van der Waals surface area contributed by atoms with Crippen LogP contribution in [0.1, 0.15) is 40.3 Å². The van der Waals surface area contributed by atoms with Crippen molar-refractivity contribution >= 4 is 23.4 Å². The molecule has 37 heavy (non-hydrogen) atoms. The third kappa shape index (κ3) is 7.55. The summed E-state index contributed by atoms with van der Waals surface area (Å²) in [4.78, 5) is 29.1. The Kier molecular flexibility index (Phi) is 9.12. The molecule has 0 radical (unpaired) electrons. The first kappa shape index (κ1) is 26.2. The molecule has 0 aliphatic heterocycles. The molecule has 0 fully saturated rings. The Bertz CT molecular complexity index is 1290. The van der Waals surface area contributed by atoms with Gasteiger partial charge in [0.05, 0.1) is 0 Å². The molecule has 4 rings (SSSR count). The molecule has 0 aliphatic rings. The zero-order valence-electron chi connectivity index (χ0n) is 20.9. The van der Waals surface area contributed by atoms with Crippen molar-refractivity contribution in [3.63, 3.8) is 0 Å². The first-order valence-corrected chi connectivity index (χ1v) is 12.8. The second kappa shape index (κ2) is 12.9. The van der Waals surface area contributed by atoms with Gasteiger partial charge in [0.2, 0.25) is 11.8 Å². The van der Waals surface area contributed by atoms with Crippen LogP contribution in [-0.4, -0.2) is 16.7 Å². The van der Waals surface area contributed by atoms with Crippen LogP contribution in [-0.2, 0) is 29.1 Å². The molecular formula is C32H31ClN2O2. The van der Waals surface area contributed by atoms with Crippen LogP contribution in [0.4, 0.5) is 0 Å². The van der Waals surface area contributed by atoms with Crippen molar-refractivity contribution in [1.82, 2.24) is 10.2 Å². The molecule has 0 bridgehead atoms. The lowest BCUT2D eigenvalue weighted by atomic mass is 10.0. The summed E-state index contributed by atoms with van der Waals surface area (Å²) in [7, 11) is 0. The van der Waals surface area contributed by atoms with Crippen molar-refractivity contribution in [3.8, 4) is 0 Å². The van der Waals surface area contributed by atoms with Gasteiger partial charge in [-0.25, -0.2) is 0 Å². The number of aryl methyl sites for hydroxylation is 2. The van der Waals surface area contributed by atoms with E-state index in [4.69, 9.17) is 11.6 Å². The van der Waals surface area contributed by atoms with E-state index in [1.165, 1.54) is 0 Å². The van der Waals surface area contributed by atoms with Crippen LogP contribution in [0.3, 0.4) is 0 Å². The minimum Gasteiger partial charge on any atom is -0.350 e. The molecule has 4 nitrogen and oxygen atoms in total. The number of carbonyl (C=O) groups excluding carboxylic acids is 2. The van der Waals surface area contributed by atoms with E-state index < -0.39 is 6.04 Å². The van der Waals surface area contributed by atoms with E-state index in [1.54, 1.807) is 17.0 Å². The standard InChI is InChI=1S/C32H31ClN2O2/c1-24-12-14-26(15-13-24)22-34-32(37)31(28-10-6-3-7-11-28)35(23-27-16-19-29(33)20-17-27)30(36)21-18-25-8-4-2-5-9-25/h2-17,19-20,31H,18,21-23H2,1H3,(H,34,37)/t31-/m1/s1. The van der Waals surface area contributed by atoms with Crippen LogP contribution in [0, 0.1) is 6.92 Å². The Labute approximate surface area is 223 Å². The average molecular weight is 511 g/mol. The van der Waals surface area contributed by atoms with Gasteiger partial charge < -0.3 is 10.2 Å². The van der Waals surface area contributed by atoms with Crippen molar-refractivity contribution in [2.45, 2.75) is 38.9 Å². The molecule has 1 atom stereocenters. The van der Waals surface area contributed by atoms with Crippen LogP contribution in [0.25, 0.3) is 0 Å². The summed E-state index contributed by atoms with van der Waals surface area (Å²) in [5.41, 5.74) is 4.93. The number of halogens is 1. The zero-order chi connectivity index (χ0) is 26.0. The Morgan fingerprint density at radius 3 is 2.00 bits per heavy atom. The smallest absolute Gasteiger partial charge is 0.247 e. The summed E-state index contributed by atoms with van der Waals surface area (Å²) in [6, 6.07) is 34.1. The van der Waals surface area contributed by atoms with E-state index in [0.717, 1.165) is 27.8 Å². The summed E-state index contributed by atoms with van der Waals surface area (Å²) in [6.45, 7) is 2.71. The Hall–Kier alpha value is -3.89. The van der Waals surface area contributed by atoms with Gasteiger partial charge in [-0.3, -0.25) is 9.59 Å². The van der Waals surface area contributed by atoms with Gasteiger partial charge in [0, 0.05) is 24.5 Å². The maximum Gasteiger partial charge on any atom is 0.247 e. The molecule has 0 aliphatic carbocycles. The second-order valence-corrected chi connectivity index (χ2v) is 9.59. The van der Waals surface area contributed by atoms with Gasteiger partial charge in [-0.15, -0.1) is 0 Å². The molecule has 1 N–H and O–H groups in total. The summed E-state index contributed by atoms with van der Waals surface area (Å²) < 4.78 is 0. The highest BCUT2D eigenvalue weighted by Crippen LogP contribution is 2.26. The number of nitrogens with one attached hydrogen (secondary N) is 1. The van der Waals surface area contributed by atoms with E-state index in [-0.39, 0.29) is 11.8 Å². The summed E-state index contributed by atoms with van der Waals surface area (Å²) in [5.74, 6) is -0.299. The van der Waals surface area contributed by atoms with Crippen molar-refractivity contribution in [3.05, 3.63) is 142 Å². The summed E-state index contributed by atoms with van der Waals surface area (Å²) in [5, 5.41) is 3.69. The molecule has 0 unspecified atom stereocenters. The minimum atomic E-state index is -0.773. The van der Waals surface area contributed by atoms with Crippen LogP contribution in [0.2, 0.25) is 5.02 Å². The molecule has 188 valence electrons. The van der Waals surface area contributed by atoms with Crippen LogP contribution in [0.5, 0.6) is 0 Å². The van der Waals surface area contributed by atoms with E-state index >= 15 is 0 Å². The summed E-state index contributed by atoms with van der Waals surface area (Å²) >= 11 is 6.10. The normalized spacial score (nSPS) is 11.5. The topological polar surface area (TPSA) is 49.4 Å². The maximum absolute atomic E-state index is 13.7. The predicted molar refractivity (Wildman–Crippen MR) is 149 cm³/mol. The molecule has 2 amide bonds. The number of carbonyl (C=O) groups is 2. The lowest BCUT2D eigenvalue weighted by Crippen LogP contribution is -2.43. The first-order valence-electron chi connectivity index (χ1n) is 12.5. The largest absolute Gasteiger partial charge is 0.350 e. The van der Waals surface area contributed by atoms with Crippen LogP contribution >= 0.6 is 11.6 Å². The molecule has 4 aromatic rings. The number of benzene rings is 4. The SMILES string of the molecule is Cc1ccc(CNC(=O)[C@@H](c2ccccc2)N(Cc2ccc(Cl)cc2)C(=O)CCc2ccccc2)cc1. The van der Waals surface area contributed by atoms with Gasteiger partial charge in [-0.05, 0) is 47.7 Å². The van der Waals surface area contributed by atoms with Gasteiger partial charge in [-0.1, -0.05) is 114 Å². The van der Waals surface area contributed by atoms with Gasteiger partial charge in [0.1, 0.15) is 6.04 Å². The highest BCUT2D eigenvalue weighted by molar-refractivity contribution is 6.30. The van der Waals surface area contributed by atoms with Gasteiger partial charge in [0.25, 0.3) is 0 Å². The Morgan fingerprint density at radius 1 is 0.757 bits per heavy atom. The van der Waals surface area contributed by atoms with E-state index in [0.29, 0.717) is 31.0 Å². The Balaban J connectivity index is 1.62. The lowest BCUT2D eigenvalue weighted by Gasteiger charge is -2.32. The zero-order valence-corrected chi connectivity index (χ0v) is 21.7. The maximum atomic E-state index is 13.7. The highest BCUT2D eigenvalue weighted by atomic mass is 35.5. The monoisotopic (exact) mass is 510 g/mol. The molecule has 0 saturated carbocycles. The number of rotatable bonds is 10. The number of hydrogen-bond donors (Lipinski definition) is 1. The second-order valence-electron chi connectivity index (χ2n) is 9.15. The van der Waals surface area contributed by atoms with Crippen molar-refractivity contribution in [1.29, 1.82) is 0 Å². The van der Waals surface area contributed by atoms with E-state index in [9.17, 15) is 9.59 Å². The molecular weight excluding hydrogens is 480 g/mol. The third-order valence-corrected chi connectivity index (χ3v) is 6.57. The summed E-state index contributed by atoms with van der Waals surface area (Å²) in [6.07, 6.45) is 0.898. The molecule has 0 aromatic heterocycles. The van der Waals surface area contributed by atoms with Crippen LogP contribution < -0.4 is 5.32 Å². The molecule has 4 aromatic carbocycles. The molecule has 5 heteroatoms. The lowest BCUT2D eigenvalue weighted by molar-refractivity contribution is -0.141. The van der Waals surface area contributed by atoms with Gasteiger partial charge in [-0.2, -0.15) is 0 Å². The first-order chi connectivity index (χ1) is 18.0. The minimum absolute atomic E-state index is 0.0851. The fourth-order valence-electron chi connectivity index (χ4n) is 4.25. The molecule has 0 saturated heterocycles. The number of nitrogens with zero attached hydrogens (tertiary/aromatic N) is 1. The predicted octanol–water partition coefficient (Wildman–Crippen LogP) is 6.67. The van der Waals surface area contributed by atoms with Crippen molar-refractivity contribution < 1.29 is 9.59 Å². The molecule has 0 spiro atoms.